The molecule has 2 rings (SSSR count). The molecule has 2 aliphatic carbocycles. The molecular formula is C20H36Cl2SiTi-4. The van der Waals surface area contributed by atoms with E-state index in [2.05, 4.69) is 65.8 Å². The summed E-state index contributed by atoms with van der Waals surface area (Å²) in [5, 5.41) is 0. The monoisotopic (exact) mass is 422 g/mol. The molecule has 0 heterocycles. The third-order valence-corrected chi connectivity index (χ3v) is 3.43. The first-order valence-electron chi connectivity index (χ1n) is 7.31. The Labute approximate surface area is 178 Å². The molecule has 142 valence electrons. The van der Waals surface area contributed by atoms with Crippen LogP contribution >= 0.6 is 24.8 Å². The number of allylic oxidation sites excluding steroid dienone is 8. The van der Waals surface area contributed by atoms with Crippen LogP contribution in [0, 0.1) is 38.8 Å². The van der Waals surface area contributed by atoms with E-state index in [1.165, 1.54) is 22.3 Å². The normalized spacial score (nSPS) is 13.8. The summed E-state index contributed by atoms with van der Waals surface area (Å²) in [5.74, 6) is 1.41. The zero-order chi connectivity index (χ0) is 15.7. The maximum atomic E-state index is 3.27. The Morgan fingerprint density at radius 1 is 0.792 bits per heavy atom. The average molecular weight is 423 g/mol. The Morgan fingerprint density at radius 3 is 1.12 bits per heavy atom. The number of halogens is 2. The third-order valence-electron chi connectivity index (χ3n) is 3.43. The van der Waals surface area contributed by atoms with Crippen molar-refractivity contribution in [3.8, 4) is 0 Å². The van der Waals surface area contributed by atoms with Crippen LogP contribution in [0.1, 0.15) is 54.4 Å². The van der Waals surface area contributed by atoms with Gasteiger partial charge >= 0.3 is 26.8 Å². The molecule has 0 nitrogen and oxygen atoms in total. The predicted octanol–water partition coefficient (Wildman–Crippen LogP) is 6.27. The standard InChI is InChI=1S/2C9H13.2CH3.2ClH.H2Si.Ti/c2*1-7(2)9-5-4-8(3)6-9;;;;;;/h2*6-7H,5H2,1-3H3;2*1H3;2*1H;1H2;/q4*-1;;;;. The van der Waals surface area contributed by atoms with Gasteiger partial charge in [-0.1, -0.05) is 41.5 Å². The van der Waals surface area contributed by atoms with E-state index in [1.54, 1.807) is 0 Å². The van der Waals surface area contributed by atoms with E-state index >= 15 is 0 Å². The van der Waals surface area contributed by atoms with Crippen LogP contribution in [0.25, 0.3) is 0 Å². The first-order chi connectivity index (χ1) is 9.40. The predicted molar refractivity (Wildman–Crippen MR) is 116 cm³/mol. The molecule has 0 bridgehead atoms. The van der Waals surface area contributed by atoms with Gasteiger partial charge in [-0.2, -0.15) is 11.1 Å². The van der Waals surface area contributed by atoms with Crippen molar-refractivity contribution in [1.82, 2.24) is 0 Å². The van der Waals surface area contributed by atoms with Crippen molar-refractivity contribution < 1.29 is 19.2 Å². The first kappa shape index (κ1) is 35.6. The molecule has 0 radical (unpaired) electrons. The van der Waals surface area contributed by atoms with E-state index in [0.29, 0.717) is 11.8 Å². The molecule has 0 aromatic rings. The van der Waals surface area contributed by atoms with Gasteiger partial charge < -0.3 is 14.9 Å². The second kappa shape index (κ2) is 19.8. The summed E-state index contributed by atoms with van der Waals surface area (Å²) >= 11 is 2.03. The van der Waals surface area contributed by atoms with Gasteiger partial charge in [0, 0.05) is 0 Å². The van der Waals surface area contributed by atoms with Gasteiger partial charge in [0.15, 0.2) is 0 Å². The van der Waals surface area contributed by atoms with Crippen molar-refractivity contribution in [3.05, 3.63) is 61.4 Å². The van der Waals surface area contributed by atoms with Gasteiger partial charge in [-0.3, -0.25) is 12.2 Å². The second-order valence-electron chi connectivity index (χ2n) is 5.82. The summed E-state index contributed by atoms with van der Waals surface area (Å²) in [6, 6.07) is 0. The Morgan fingerprint density at radius 2 is 1.04 bits per heavy atom. The molecule has 0 unspecified atom stereocenters. The van der Waals surface area contributed by atoms with Crippen molar-refractivity contribution in [1.29, 1.82) is 0 Å². The first-order valence-corrected chi connectivity index (χ1v) is 11.3. The summed E-state index contributed by atoms with van der Waals surface area (Å²) in [7, 11) is 1.86. The van der Waals surface area contributed by atoms with Gasteiger partial charge in [-0.25, -0.2) is 23.3 Å². The van der Waals surface area contributed by atoms with Crippen molar-refractivity contribution in [2.24, 2.45) is 11.8 Å². The average Bonchev–Trinajstić information content (AvgIpc) is 3.01. The molecule has 2 aliphatic rings. The molecular weight excluding hydrogens is 387 g/mol. The summed E-state index contributed by atoms with van der Waals surface area (Å²) in [6.07, 6.45) is 13.1. The van der Waals surface area contributed by atoms with E-state index in [4.69, 9.17) is 0 Å². The van der Waals surface area contributed by atoms with Gasteiger partial charge in [0.05, 0.1) is 0 Å². The van der Waals surface area contributed by atoms with Gasteiger partial charge in [0.25, 0.3) is 0 Å². The van der Waals surface area contributed by atoms with Crippen molar-refractivity contribution in [2.75, 3.05) is 0 Å². The van der Waals surface area contributed by atoms with Gasteiger partial charge in [-0.05, 0) is 11.8 Å². The van der Waals surface area contributed by atoms with E-state index in [9.17, 15) is 0 Å². The fourth-order valence-electron chi connectivity index (χ4n) is 1.98. The molecule has 0 amide bonds. The van der Waals surface area contributed by atoms with E-state index in [-0.39, 0.29) is 39.7 Å². The van der Waals surface area contributed by atoms with Crippen LogP contribution < -0.4 is 0 Å². The van der Waals surface area contributed by atoms with Gasteiger partial charge in [-0.15, -0.1) is 37.7 Å². The molecule has 0 aromatic heterocycles. The molecule has 0 saturated carbocycles. The Bertz CT molecular complexity index is 393. The van der Waals surface area contributed by atoms with E-state index < -0.39 is 0 Å². The van der Waals surface area contributed by atoms with Crippen molar-refractivity contribution in [3.63, 3.8) is 0 Å². The molecule has 0 spiro atoms. The van der Waals surface area contributed by atoms with E-state index in [1.807, 2.05) is 26.8 Å². The maximum absolute atomic E-state index is 3.27. The minimum absolute atomic E-state index is 0. The zero-order valence-corrected chi connectivity index (χ0v) is 21.4. The zero-order valence-electron chi connectivity index (χ0n) is 16.7. The van der Waals surface area contributed by atoms with E-state index in [0.717, 1.165) is 12.8 Å². The van der Waals surface area contributed by atoms with Crippen LogP contribution in [-0.2, 0) is 19.2 Å². The molecule has 0 fully saturated rings. The fraction of sp³-hybridized carbons (Fsp3) is 0.500. The molecule has 0 aromatic carbocycles. The summed E-state index contributed by atoms with van der Waals surface area (Å²) < 4.78 is 0. The van der Waals surface area contributed by atoms with Crippen LogP contribution in [0.4, 0.5) is 0 Å². The van der Waals surface area contributed by atoms with Crippen LogP contribution in [0.3, 0.4) is 0 Å². The van der Waals surface area contributed by atoms with Crippen LogP contribution in [0.2, 0.25) is 0 Å². The topological polar surface area (TPSA) is 0 Å². The quantitative estimate of drug-likeness (QED) is 0.363. The van der Waals surface area contributed by atoms with Crippen LogP contribution in [0.15, 0.2) is 34.4 Å². The summed E-state index contributed by atoms with van der Waals surface area (Å²) in [4.78, 5) is 0. The van der Waals surface area contributed by atoms with Crippen molar-refractivity contribution >= 4 is 32.4 Å². The van der Waals surface area contributed by atoms with Gasteiger partial charge in [0.1, 0.15) is 0 Å². The number of rotatable bonds is 2. The molecule has 24 heavy (non-hydrogen) atoms. The molecule has 0 saturated heterocycles. The second-order valence-corrected chi connectivity index (χ2v) is 5.82. The number of hydrogen-bond donors (Lipinski definition) is 0. The minimum atomic E-state index is 0. The number of hydrogen-bond acceptors (Lipinski definition) is 0. The molecule has 0 aliphatic heterocycles. The Kier molecular flexibility index (Phi) is 29.3. The molecule has 0 N–H and O–H groups in total. The van der Waals surface area contributed by atoms with Crippen molar-refractivity contribution in [2.45, 2.75) is 54.4 Å². The summed E-state index contributed by atoms with van der Waals surface area (Å²) in [6.45, 7) is 13.1. The van der Waals surface area contributed by atoms with Crippen LogP contribution in [-0.4, -0.2) is 7.63 Å². The third kappa shape index (κ3) is 14.8. The summed E-state index contributed by atoms with van der Waals surface area (Å²) in [5.41, 5.74) is 5.65. The molecule has 0 atom stereocenters. The Hall–Kier alpha value is 0.471. The van der Waals surface area contributed by atoms with Gasteiger partial charge in [0.2, 0.25) is 0 Å². The molecule has 4 heteroatoms. The Balaban J connectivity index is -0.0000000789. The van der Waals surface area contributed by atoms with Crippen LogP contribution in [0.5, 0.6) is 0 Å². The SMILES string of the molecule is CC1=[C-]CC(C(C)C)=C1.CC1=[C-]CC(C(C)C)=C1.Cl.Cl.[CH3-].[CH3-].[SiH2]=[Ti]. The fourth-order valence-corrected chi connectivity index (χ4v) is 1.98.